The van der Waals surface area contributed by atoms with Gasteiger partial charge in [0.2, 0.25) is 0 Å². The summed E-state index contributed by atoms with van der Waals surface area (Å²) >= 11 is 0. The van der Waals surface area contributed by atoms with Gasteiger partial charge in [0.25, 0.3) is 0 Å². The number of piperidine rings is 1. The van der Waals surface area contributed by atoms with Crippen LogP contribution in [0.3, 0.4) is 0 Å². The molecule has 1 aromatic carbocycles. The first-order chi connectivity index (χ1) is 11.3. The van der Waals surface area contributed by atoms with Gasteiger partial charge in [-0.2, -0.15) is 0 Å². The molecule has 0 unspecified atom stereocenters. The summed E-state index contributed by atoms with van der Waals surface area (Å²) in [5.74, 6) is 0.997. The molecule has 1 aliphatic heterocycles. The number of hydrogen-bond donors (Lipinski definition) is 1. The van der Waals surface area contributed by atoms with Crippen molar-refractivity contribution in [2.24, 2.45) is 5.73 Å². The number of benzene rings is 1. The number of imidazole rings is 1. The topological polar surface area (TPSA) is 56.3 Å². The summed E-state index contributed by atoms with van der Waals surface area (Å²) in [6.45, 7) is 4.68. The Balaban J connectivity index is 1.50. The number of aryl methyl sites for hydroxylation is 1. The minimum atomic E-state index is 0.312. The van der Waals surface area contributed by atoms with Crippen molar-refractivity contribution in [1.82, 2.24) is 14.5 Å². The first-order valence-corrected chi connectivity index (χ1v) is 8.45. The first kappa shape index (κ1) is 16.0. The number of hydrogen-bond acceptors (Lipinski definition) is 4. The number of para-hydroxylation sites is 1. The number of likely N-dealkylation sites (tertiary alicyclic amines) is 1. The molecule has 23 heavy (non-hydrogen) atoms. The van der Waals surface area contributed by atoms with E-state index in [1.54, 1.807) is 6.20 Å². The highest BCUT2D eigenvalue weighted by Crippen LogP contribution is 2.21. The van der Waals surface area contributed by atoms with Crippen LogP contribution in [0.4, 0.5) is 0 Å². The highest BCUT2D eigenvalue weighted by atomic mass is 16.5. The average molecular weight is 314 g/mol. The Kier molecular flexibility index (Phi) is 5.66. The summed E-state index contributed by atoms with van der Waals surface area (Å²) in [6.07, 6.45) is 8.93. The molecule has 124 valence electrons. The van der Waals surface area contributed by atoms with E-state index in [2.05, 4.69) is 32.7 Å². The van der Waals surface area contributed by atoms with Gasteiger partial charge in [0.15, 0.2) is 0 Å². The lowest BCUT2D eigenvalue weighted by atomic mass is 10.1. The smallest absolute Gasteiger partial charge is 0.123 e. The van der Waals surface area contributed by atoms with Crippen LogP contribution in [-0.2, 0) is 13.1 Å². The molecule has 0 bridgehead atoms. The van der Waals surface area contributed by atoms with E-state index in [4.69, 9.17) is 10.5 Å². The number of rotatable bonds is 7. The van der Waals surface area contributed by atoms with Gasteiger partial charge in [-0.1, -0.05) is 18.2 Å². The van der Waals surface area contributed by atoms with E-state index < -0.39 is 0 Å². The van der Waals surface area contributed by atoms with Crippen molar-refractivity contribution >= 4 is 0 Å². The van der Waals surface area contributed by atoms with Gasteiger partial charge >= 0.3 is 0 Å². The van der Waals surface area contributed by atoms with Gasteiger partial charge < -0.3 is 15.0 Å². The van der Waals surface area contributed by atoms with Gasteiger partial charge in [0.1, 0.15) is 5.75 Å². The molecule has 0 amide bonds. The summed E-state index contributed by atoms with van der Waals surface area (Å²) in [5.41, 5.74) is 7.34. The zero-order valence-electron chi connectivity index (χ0n) is 13.6. The van der Waals surface area contributed by atoms with Gasteiger partial charge in [-0.3, -0.25) is 4.90 Å². The van der Waals surface area contributed by atoms with E-state index in [-0.39, 0.29) is 0 Å². The molecule has 2 heterocycles. The van der Waals surface area contributed by atoms with Crippen LogP contribution in [0, 0.1) is 0 Å². The van der Waals surface area contributed by atoms with Crippen molar-refractivity contribution in [3.8, 4) is 5.75 Å². The Bertz CT molecular complexity index is 584. The molecular weight excluding hydrogens is 288 g/mol. The fraction of sp³-hybridized carbons (Fsp3) is 0.500. The van der Waals surface area contributed by atoms with Gasteiger partial charge in [-0.15, -0.1) is 0 Å². The Morgan fingerprint density at radius 2 is 2.22 bits per heavy atom. The molecule has 2 N–H and O–H groups in total. The molecule has 1 fully saturated rings. The van der Waals surface area contributed by atoms with E-state index in [0.29, 0.717) is 12.6 Å². The van der Waals surface area contributed by atoms with E-state index in [0.717, 1.165) is 44.8 Å². The SMILES string of the molecule is N[C@H]1CCCN(Cc2ccccc2OCCCn2ccnc2)C1. The Hall–Kier alpha value is -1.85. The van der Waals surface area contributed by atoms with Crippen molar-refractivity contribution in [1.29, 1.82) is 0 Å². The lowest BCUT2D eigenvalue weighted by molar-refractivity contribution is 0.197. The molecule has 3 rings (SSSR count). The van der Waals surface area contributed by atoms with Crippen molar-refractivity contribution in [3.63, 3.8) is 0 Å². The van der Waals surface area contributed by atoms with Crippen molar-refractivity contribution < 1.29 is 4.74 Å². The molecule has 1 atom stereocenters. The van der Waals surface area contributed by atoms with E-state index in [1.807, 2.05) is 18.6 Å². The zero-order chi connectivity index (χ0) is 15.9. The summed E-state index contributed by atoms with van der Waals surface area (Å²) in [7, 11) is 0. The zero-order valence-corrected chi connectivity index (χ0v) is 13.6. The fourth-order valence-corrected chi connectivity index (χ4v) is 3.10. The van der Waals surface area contributed by atoms with Crippen LogP contribution >= 0.6 is 0 Å². The monoisotopic (exact) mass is 314 g/mol. The summed E-state index contributed by atoms with van der Waals surface area (Å²) in [4.78, 5) is 6.48. The third-order valence-corrected chi connectivity index (χ3v) is 4.29. The normalized spacial score (nSPS) is 18.9. The van der Waals surface area contributed by atoms with Crippen LogP contribution in [0.1, 0.15) is 24.8 Å². The van der Waals surface area contributed by atoms with Crippen LogP contribution in [0.25, 0.3) is 0 Å². The number of nitrogens with zero attached hydrogens (tertiary/aromatic N) is 3. The molecule has 0 aliphatic carbocycles. The van der Waals surface area contributed by atoms with Gasteiger partial charge in [0, 0.05) is 43.6 Å². The highest BCUT2D eigenvalue weighted by Gasteiger charge is 2.17. The minimum Gasteiger partial charge on any atom is -0.493 e. The van der Waals surface area contributed by atoms with Crippen LogP contribution in [0.5, 0.6) is 5.75 Å². The molecule has 0 saturated carbocycles. The van der Waals surface area contributed by atoms with E-state index in [1.165, 1.54) is 12.0 Å². The largest absolute Gasteiger partial charge is 0.493 e. The standard InChI is InChI=1S/C18H26N4O/c19-17-6-3-9-22(14-17)13-16-5-1-2-7-18(16)23-12-4-10-21-11-8-20-15-21/h1-2,5,7-8,11,15,17H,3-4,6,9-10,12-14,19H2/t17-/m0/s1. The molecule has 1 saturated heterocycles. The van der Waals surface area contributed by atoms with Gasteiger partial charge in [-0.05, 0) is 31.9 Å². The molecule has 1 aromatic heterocycles. The maximum Gasteiger partial charge on any atom is 0.123 e. The van der Waals surface area contributed by atoms with Crippen LogP contribution in [-0.4, -0.2) is 40.2 Å². The Morgan fingerprint density at radius 1 is 1.30 bits per heavy atom. The molecular formula is C18H26N4O. The second kappa shape index (κ2) is 8.13. The second-order valence-corrected chi connectivity index (χ2v) is 6.25. The van der Waals surface area contributed by atoms with Crippen LogP contribution < -0.4 is 10.5 Å². The van der Waals surface area contributed by atoms with Crippen molar-refractivity contribution in [2.75, 3.05) is 19.7 Å². The maximum absolute atomic E-state index is 6.08. The number of aromatic nitrogens is 2. The Morgan fingerprint density at radius 3 is 3.04 bits per heavy atom. The Labute approximate surface area is 138 Å². The molecule has 5 nitrogen and oxygen atoms in total. The molecule has 5 heteroatoms. The fourth-order valence-electron chi connectivity index (χ4n) is 3.10. The lowest BCUT2D eigenvalue weighted by Crippen LogP contribution is -2.42. The van der Waals surface area contributed by atoms with E-state index in [9.17, 15) is 0 Å². The maximum atomic E-state index is 6.08. The summed E-state index contributed by atoms with van der Waals surface area (Å²) < 4.78 is 8.09. The first-order valence-electron chi connectivity index (χ1n) is 8.45. The third-order valence-electron chi connectivity index (χ3n) is 4.29. The third kappa shape index (κ3) is 4.81. The van der Waals surface area contributed by atoms with Crippen molar-refractivity contribution in [2.45, 2.75) is 38.4 Å². The molecule has 1 aliphatic rings. The molecule has 0 spiro atoms. The van der Waals surface area contributed by atoms with Gasteiger partial charge in [-0.25, -0.2) is 4.98 Å². The summed E-state index contributed by atoms with van der Waals surface area (Å²) in [6, 6.07) is 8.66. The van der Waals surface area contributed by atoms with Gasteiger partial charge in [0.05, 0.1) is 12.9 Å². The highest BCUT2D eigenvalue weighted by molar-refractivity contribution is 5.33. The number of nitrogens with two attached hydrogens (primary N) is 1. The second-order valence-electron chi connectivity index (χ2n) is 6.25. The molecule has 2 aromatic rings. The minimum absolute atomic E-state index is 0.312. The molecule has 0 radical (unpaired) electrons. The van der Waals surface area contributed by atoms with E-state index >= 15 is 0 Å². The lowest BCUT2D eigenvalue weighted by Gasteiger charge is -2.31. The number of ether oxygens (including phenoxy) is 1. The predicted octanol–water partition coefficient (Wildman–Crippen LogP) is 2.28. The predicted molar refractivity (Wildman–Crippen MR) is 91.3 cm³/mol. The summed E-state index contributed by atoms with van der Waals surface area (Å²) in [5, 5.41) is 0. The quantitative estimate of drug-likeness (QED) is 0.797. The van der Waals surface area contributed by atoms with Crippen LogP contribution in [0.15, 0.2) is 43.0 Å². The van der Waals surface area contributed by atoms with Crippen molar-refractivity contribution in [3.05, 3.63) is 48.5 Å². The van der Waals surface area contributed by atoms with Crippen LogP contribution in [0.2, 0.25) is 0 Å². The average Bonchev–Trinajstić information content (AvgIpc) is 3.06.